The molecule has 0 unspecified atom stereocenters. The largest absolute Gasteiger partial charge is 0.368 e. The summed E-state index contributed by atoms with van der Waals surface area (Å²) in [5.41, 5.74) is 3.10. The van der Waals surface area contributed by atoms with Crippen LogP contribution >= 0.6 is 0 Å². The van der Waals surface area contributed by atoms with Crippen LogP contribution in [-0.2, 0) is 6.54 Å². The molecule has 0 radical (unpaired) electrons. The van der Waals surface area contributed by atoms with Gasteiger partial charge in [-0.15, -0.1) is 0 Å². The van der Waals surface area contributed by atoms with Crippen molar-refractivity contribution in [2.24, 2.45) is 0 Å². The number of fused-ring (bicyclic) bond motifs is 1. The lowest BCUT2D eigenvalue weighted by atomic mass is 10.2. The first-order valence-corrected chi connectivity index (χ1v) is 9.64. The number of anilines is 1. The van der Waals surface area contributed by atoms with Crippen LogP contribution in [0.2, 0.25) is 0 Å². The number of nitrogens with one attached hydrogen (secondary N) is 1. The third-order valence-corrected chi connectivity index (χ3v) is 5.14. The summed E-state index contributed by atoms with van der Waals surface area (Å²) in [6.45, 7) is 4.27. The van der Waals surface area contributed by atoms with Crippen LogP contribution in [0.15, 0.2) is 54.9 Å². The van der Waals surface area contributed by atoms with Gasteiger partial charge >= 0.3 is 6.03 Å². The number of benzene rings is 2. The third-order valence-electron chi connectivity index (χ3n) is 5.14. The molecule has 0 spiro atoms. The lowest BCUT2D eigenvalue weighted by Crippen LogP contribution is -2.52. The number of carbonyl (C=O) groups excluding carboxylic acids is 1. The molecular weight excluding hydrogens is 357 g/mol. The lowest BCUT2D eigenvalue weighted by molar-refractivity contribution is 0.194. The minimum Gasteiger partial charge on any atom is -0.368 e. The summed E-state index contributed by atoms with van der Waals surface area (Å²) in [6, 6.07) is 14.5. The van der Waals surface area contributed by atoms with Gasteiger partial charge in [-0.05, 0) is 42.8 Å². The van der Waals surface area contributed by atoms with Crippen LogP contribution in [0, 0.1) is 5.82 Å². The van der Waals surface area contributed by atoms with Crippen LogP contribution < -0.4 is 10.2 Å². The van der Waals surface area contributed by atoms with Gasteiger partial charge in [0.25, 0.3) is 0 Å². The molecule has 2 aromatic carbocycles. The van der Waals surface area contributed by atoms with Gasteiger partial charge in [0.2, 0.25) is 0 Å². The van der Waals surface area contributed by atoms with Crippen LogP contribution in [0.1, 0.15) is 6.42 Å². The molecule has 1 fully saturated rings. The zero-order valence-corrected chi connectivity index (χ0v) is 15.7. The number of halogens is 1. The first-order chi connectivity index (χ1) is 13.7. The fourth-order valence-electron chi connectivity index (χ4n) is 3.56. The molecule has 28 heavy (non-hydrogen) atoms. The molecule has 7 heteroatoms. The number of piperazine rings is 1. The number of para-hydroxylation sites is 2. The second-order valence-electron chi connectivity index (χ2n) is 6.96. The van der Waals surface area contributed by atoms with Crippen molar-refractivity contribution in [3.63, 3.8) is 0 Å². The van der Waals surface area contributed by atoms with Gasteiger partial charge in [-0.3, -0.25) is 0 Å². The molecular formula is C21H24FN5O. The Balaban J connectivity index is 1.20. The topological polar surface area (TPSA) is 53.4 Å². The third kappa shape index (κ3) is 4.08. The van der Waals surface area contributed by atoms with Crippen molar-refractivity contribution in [2.45, 2.75) is 13.0 Å². The molecule has 4 rings (SSSR count). The second kappa shape index (κ2) is 8.29. The van der Waals surface area contributed by atoms with Gasteiger partial charge in [-0.25, -0.2) is 14.2 Å². The average molecular weight is 381 g/mol. The molecule has 1 N–H and O–H groups in total. The molecule has 1 aliphatic rings. The maximum atomic E-state index is 13.1. The fraction of sp³-hybridized carbons (Fsp3) is 0.333. The zero-order chi connectivity index (χ0) is 19.3. The number of rotatable bonds is 5. The molecule has 0 saturated carbocycles. The zero-order valence-electron chi connectivity index (χ0n) is 15.7. The Morgan fingerprint density at radius 1 is 1.04 bits per heavy atom. The Labute approximate surface area is 163 Å². The maximum absolute atomic E-state index is 13.1. The van der Waals surface area contributed by atoms with Gasteiger partial charge in [0, 0.05) is 45.0 Å². The van der Waals surface area contributed by atoms with Crippen molar-refractivity contribution in [3.05, 3.63) is 60.7 Å². The standard InChI is InChI=1S/C21H24FN5O/c22-17-6-8-18(9-7-17)25-12-14-26(15-13-25)21(28)23-10-3-11-27-16-24-19-4-1-2-5-20(19)27/h1-2,4-9,16H,3,10-15H2,(H,23,28). The van der Waals surface area contributed by atoms with E-state index in [1.807, 2.05) is 29.4 Å². The van der Waals surface area contributed by atoms with Gasteiger partial charge in [0.1, 0.15) is 5.82 Å². The van der Waals surface area contributed by atoms with E-state index in [0.717, 1.165) is 42.8 Å². The Morgan fingerprint density at radius 2 is 1.79 bits per heavy atom. The molecule has 2 heterocycles. The van der Waals surface area contributed by atoms with Crippen LogP contribution in [0.5, 0.6) is 0 Å². The van der Waals surface area contributed by atoms with Crippen molar-refractivity contribution in [3.8, 4) is 0 Å². The minimum atomic E-state index is -0.231. The fourth-order valence-corrected chi connectivity index (χ4v) is 3.56. The van der Waals surface area contributed by atoms with Gasteiger partial charge < -0.3 is 19.7 Å². The first-order valence-electron chi connectivity index (χ1n) is 9.64. The highest BCUT2D eigenvalue weighted by Crippen LogP contribution is 2.17. The Morgan fingerprint density at radius 3 is 2.57 bits per heavy atom. The monoisotopic (exact) mass is 381 g/mol. The summed E-state index contributed by atoms with van der Waals surface area (Å²) in [5, 5.41) is 3.01. The number of carbonyl (C=O) groups is 1. The van der Waals surface area contributed by atoms with Gasteiger partial charge in [0.15, 0.2) is 0 Å². The van der Waals surface area contributed by atoms with E-state index in [1.165, 1.54) is 12.1 Å². The molecule has 0 bridgehead atoms. The summed E-state index contributed by atoms with van der Waals surface area (Å²) in [5.74, 6) is -0.231. The molecule has 1 aromatic heterocycles. The van der Waals surface area contributed by atoms with Crippen molar-refractivity contribution < 1.29 is 9.18 Å². The molecule has 3 aromatic rings. The Bertz CT molecular complexity index is 931. The van der Waals surface area contributed by atoms with Crippen LogP contribution in [-0.4, -0.2) is 53.2 Å². The van der Waals surface area contributed by atoms with Gasteiger partial charge in [-0.1, -0.05) is 12.1 Å². The van der Waals surface area contributed by atoms with E-state index in [0.29, 0.717) is 19.6 Å². The molecule has 1 aliphatic heterocycles. The summed E-state index contributed by atoms with van der Waals surface area (Å²) < 4.78 is 15.2. The van der Waals surface area contributed by atoms with E-state index >= 15 is 0 Å². The van der Waals surface area contributed by atoms with E-state index in [4.69, 9.17) is 0 Å². The number of nitrogens with zero attached hydrogens (tertiary/aromatic N) is 4. The quantitative estimate of drug-likeness (QED) is 0.691. The average Bonchev–Trinajstić information content (AvgIpc) is 3.15. The number of amides is 2. The van der Waals surface area contributed by atoms with E-state index in [-0.39, 0.29) is 11.8 Å². The maximum Gasteiger partial charge on any atom is 0.317 e. The van der Waals surface area contributed by atoms with E-state index < -0.39 is 0 Å². The van der Waals surface area contributed by atoms with Crippen molar-refractivity contribution in [1.29, 1.82) is 0 Å². The lowest BCUT2D eigenvalue weighted by Gasteiger charge is -2.36. The molecule has 2 amide bonds. The Hall–Kier alpha value is -3.09. The number of urea groups is 1. The van der Waals surface area contributed by atoms with Gasteiger partial charge in [-0.2, -0.15) is 0 Å². The number of imidazole rings is 1. The number of aryl methyl sites for hydroxylation is 1. The van der Waals surface area contributed by atoms with E-state index in [9.17, 15) is 9.18 Å². The summed E-state index contributed by atoms with van der Waals surface area (Å²) in [7, 11) is 0. The summed E-state index contributed by atoms with van der Waals surface area (Å²) in [4.78, 5) is 20.8. The molecule has 1 saturated heterocycles. The van der Waals surface area contributed by atoms with Crippen molar-refractivity contribution >= 4 is 22.8 Å². The predicted octanol–water partition coefficient (Wildman–Crippen LogP) is 3.10. The molecule has 146 valence electrons. The summed E-state index contributed by atoms with van der Waals surface area (Å²) in [6.07, 6.45) is 2.70. The number of aromatic nitrogens is 2. The normalized spacial score (nSPS) is 14.5. The van der Waals surface area contributed by atoms with Gasteiger partial charge in [0.05, 0.1) is 17.4 Å². The number of hydrogen-bond acceptors (Lipinski definition) is 3. The highest BCUT2D eigenvalue weighted by molar-refractivity contribution is 5.75. The number of hydrogen-bond donors (Lipinski definition) is 1. The molecule has 6 nitrogen and oxygen atoms in total. The second-order valence-corrected chi connectivity index (χ2v) is 6.96. The molecule has 0 atom stereocenters. The van der Waals surface area contributed by atoms with Crippen molar-refractivity contribution in [1.82, 2.24) is 19.8 Å². The van der Waals surface area contributed by atoms with Crippen LogP contribution in [0.4, 0.5) is 14.9 Å². The Kier molecular flexibility index (Phi) is 5.41. The van der Waals surface area contributed by atoms with E-state index in [2.05, 4.69) is 25.8 Å². The predicted molar refractivity (Wildman–Crippen MR) is 108 cm³/mol. The molecule has 0 aliphatic carbocycles. The SMILES string of the molecule is O=C(NCCCn1cnc2ccccc21)N1CCN(c2ccc(F)cc2)CC1. The van der Waals surface area contributed by atoms with Crippen molar-refractivity contribution in [2.75, 3.05) is 37.6 Å². The minimum absolute atomic E-state index is 0.0192. The van der Waals surface area contributed by atoms with Crippen LogP contribution in [0.3, 0.4) is 0 Å². The highest BCUT2D eigenvalue weighted by atomic mass is 19.1. The summed E-state index contributed by atoms with van der Waals surface area (Å²) >= 11 is 0. The van der Waals surface area contributed by atoms with E-state index in [1.54, 1.807) is 12.1 Å². The first kappa shape index (κ1) is 18.3. The highest BCUT2D eigenvalue weighted by Gasteiger charge is 2.20. The van der Waals surface area contributed by atoms with Crippen LogP contribution in [0.25, 0.3) is 11.0 Å². The smallest absolute Gasteiger partial charge is 0.317 e.